The second-order valence-electron chi connectivity index (χ2n) is 5.81. The summed E-state index contributed by atoms with van der Waals surface area (Å²) in [7, 11) is 0. The topological polar surface area (TPSA) is 66.7 Å². The summed E-state index contributed by atoms with van der Waals surface area (Å²) >= 11 is 0. The van der Waals surface area contributed by atoms with Crippen LogP contribution >= 0.6 is 0 Å². The smallest absolute Gasteiger partial charge is 0.320 e. The van der Waals surface area contributed by atoms with Crippen molar-refractivity contribution in [2.75, 3.05) is 5.32 Å². The van der Waals surface area contributed by atoms with Crippen LogP contribution < -0.4 is 5.32 Å². The van der Waals surface area contributed by atoms with Crippen LogP contribution in [-0.2, 0) is 0 Å². The molecular weight excluding hydrogens is 312 g/mol. The van der Waals surface area contributed by atoms with E-state index in [0.717, 1.165) is 32.9 Å². The Morgan fingerprint density at radius 1 is 0.800 bits per heavy atom. The normalized spacial score (nSPS) is 11.2. The van der Waals surface area contributed by atoms with Gasteiger partial charge in [-0.05, 0) is 17.5 Å². The second-order valence-corrected chi connectivity index (χ2v) is 5.81. The van der Waals surface area contributed by atoms with Gasteiger partial charge in [-0.25, -0.2) is 0 Å². The minimum atomic E-state index is 0.372. The summed E-state index contributed by atoms with van der Waals surface area (Å²) in [5, 5.41) is 14.9. The van der Waals surface area contributed by atoms with E-state index in [2.05, 4.69) is 38.7 Å². The van der Waals surface area contributed by atoms with Crippen molar-refractivity contribution in [1.29, 1.82) is 0 Å². The van der Waals surface area contributed by atoms with Gasteiger partial charge in [0.05, 0.1) is 11.3 Å². The molecule has 5 rings (SSSR count). The van der Waals surface area contributed by atoms with Gasteiger partial charge in [-0.15, -0.1) is 5.10 Å². The molecule has 120 valence electrons. The van der Waals surface area contributed by atoms with Gasteiger partial charge in [0.1, 0.15) is 0 Å². The van der Waals surface area contributed by atoms with Crippen LogP contribution in [0.1, 0.15) is 0 Å². The highest BCUT2D eigenvalue weighted by atomic mass is 16.4. The number of nitrogens with zero attached hydrogens (tertiary/aromatic N) is 2. The fourth-order valence-corrected chi connectivity index (χ4v) is 3.08. The molecule has 0 bridgehead atoms. The third kappa shape index (κ3) is 2.33. The molecule has 2 N–H and O–H groups in total. The van der Waals surface area contributed by atoms with E-state index >= 15 is 0 Å². The Hall–Kier alpha value is -3.60. The maximum Gasteiger partial charge on any atom is 0.320 e. The molecule has 25 heavy (non-hydrogen) atoms. The number of aromatic amines is 1. The number of rotatable bonds is 3. The molecule has 0 saturated heterocycles. The van der Waals surface area contributed by atoms with Gasteiger partial charge >= 0.3 is 6.01 Å². The van der Waals surface area contributed by atoms with Crippen LogP contribution in [0.3, 0.4) is 0 Å². The van der Waals surface area contributed by atoms with Crippen LogP contribution in [0.5, 0.6) is 0 Å². The first-order valence-electron chi connectivity index (χ1n) is 8.03. The van der Waals surface area contributed by atoms with Gasteiger partial charge in [-0.2, -0.15) is 0 Å². The number of fused-ring (bicyclic) bond motifs is 2. The van der Waals surface area contributed by atoms with Gasteiger partial charge in [0, 0.05) is 22.5 Å². The van der Waals surface area contributed by atoms with Gasteiger partial charge in [0.25, 0.3) is 5.89 Å². The molecule has 0 amide bonds. The van der Waals surface area contributed by atoms with E-state index in [1.807, 2.05) is 54.7 Å². The average molecular weight is 326 g/mol. The molecule has 3 aromatic carbocycles. The molecule has 0 atom stereocenters. The Bertz CT molecular complexity index is 1180. The van der Waals surface area contributed by atoms with Crippen LogP contribution in [0.25, 0.3) is 33.1 Å². The molecule has 5 heteroatoms. The largest absolute Gasteiger partial charge is 0.403 e. The molecule has 0 fully saturated rings. The van der Waals surface area contributed by atoms with Crippen molar-refractivity contribution in [2.45, 2.75) is 0 Å². The second kappa shape index (κ2) is 5.49. The number of nitrogens with one attached hydrogen (secondary N) is 2. The fourth-order valence-electron chi connectivity index (χ4n) is 3.08. The van der Waals surface area contributed by atoms with Crippen molar-refractivity contribution in [3.8, 4) is 11.5 Å². The molecule has 0 aliphatic heterocycles. The van der Waals surface area contributed by atoms with E-state index in [1.54, 1.807) is 0 Å². The van der Waals surface area contributed by atoms with Gasteiger partial charge in [0.2, 0.25) is 0 Å². The Kier molecular flexibility index (Phi) is 3.03. The Balaban J connectivity index is 1.52. The minimum Gasteiger partial charge on any atom is -0.403 e. The van der Waals surface area contributed by atoms with Crippen molar-refractivity contribution in [3.63, 3.8) is 0 Å². The maximum atomic E-state index is 5.84. The Labute approximate surface area is 143 Å². The van der Waals surface area contributed by atoms with E-state index in [9.17, 15) is 0 Å². The van der Waals surface area contributed by atoms with Gasteiger partial charge in [0.15, 0.2) is 0 Å². The number of para-hydroxylation sites is 1. The standard InChI is InChI=1S/C20H14N4O/c1-2-8-14-13(6-1)7-5-11-18(14)22-20-24-23-19(25-20)16-12-21-17-10-4-3-9-15(16)17/h1-12,21H,(H,22,24). The number of H-pyrrole nitrogens is 1. The summed E-state index contributed by atoms with van der Waals surface area (Å²) in [5.41, 5.74) is 2.88. The number of aromatic nitrogens is 3. The van der Waals surface area contributed by atoms with E-state index < -0.39 is 0 Å². The van der Waals surface area contributed by atoms with Crippen LogP contribution in [0.4, 0.5) is 11.7 Å². The van der Waals surface area contributed by atoms with Crippen LogP contribution in [0.15, 0.2) is 77.3 Å². The predicted octanol–water partition coefficient (Wildman–Crippen LogP) is 5.11. The first-order valence-corrected chi connectivity index (χ1v) is 8.03. The average Bonchev–Trinajstić information content (AvgIpc) is 3.28. The summed E-state index contributed by atoms with van der Waals surface area (Å²) in [5.74, 6) is 0.486. The van der Waals surface area contributed by atoms with Crippen molar-refractivity contribution >= 4 is 33.4 Å². The zero-order valence-corrected chi connectivity index (χ0v) is 13.2. The van der Waals surface area contributed by atoms with E-state index in [-0.39, 0.29) is 0 Å². The molecular formula is C20H14N4O. The third-order valence-corrected chi connectivity index (χ3v) is 4.28. The molecule has 5 nitrogen and oxygen atoms in total. The number of benzene rings is 3. The SMILES string of the molecule is c1ccc2c(Nc3nnc(-c4c[nH]c5ccccc45)o3)cccc2c1. The van der Waals surface area contributed by atoms with Crippen LogP contribution in [0, 0.1) is 0 Å². The lowest BCUT2D eigenvalue weighted by Crippen LogP contribution is -1.91. The summed E-state index contributed by atoms with van der Waals surface area (Å²) in [4.78, 5) is 3.22. The number of hydrogen-bond donors (Lipinski definition) is 2. The molecule has 0 unspecified atom stereocenters. The van der Waals surface area contributed by atoms with E-state index in [1.165, 1.54) is 0 Å². The van der Waals surface area contributed by atoms with Crippen molar-refractivity contribution in [1.82, 2.24) is 15.2 Å². The molecule has 5 aromatic rings. The lowest BCUT2D eigenvalue weighted by atomic mass is 10.1. The first-order chi connectivity index (χ1) is 12.4. The summed E-state index contributed by atoms with van der Waals surface area (Å²) < 4.78 is 5.84. The quantitative estimate of drug-likeness (QED) is 0.483. The number of anilines is 2. The zero-order valence-electron chi connectivity index (χ0n) is 13.2. The van der Waals surface area contributed by atoms with Gasteiger partial charge < -0.3 is 14.7 Å². The summed E-state index contributed by atoms with van der Waals surface area (Å²) in [6.07, 6.45) is 1.89. The third-order valence-electron chi connectivity index (χ3n) is 4.28. The Morgan fingerprint density at radius 2 is 1.60 bits per heavy atom. The van der Waals surface area contributed by atoms with Crippen molar-refractivity contribution in [3.05, 3.63) is 72.9 Å². The van der Waals surface area contributed by atoms with Crippen molar-refractivity contribution in [2.24, 2.45) is 0 Å². The molecule has 0 aliphatic rings. The zero-order chi connectivity index (χ0) is 16.6. The first kappa shape index (κ1) is 13.8. The highest BCUT2D eigenvalue weighted by Gasteiger charge is 2.13. The predicted molar refractivity (Wildman–Crippen MR) is 98.8 cm³/mol. The van der Waals surface area contributed by atoms with E-state index in [0.29, 0.717) is 11.9 Å². The maximum absolute atomic E-state index is 5.84. The Morgan fingerprint density at radius 3 is 2.56 bits per heavy atom. The molecule has 0 aliphatic carbocycles. The minimum absolute atomic E-state index is 0.372. The molecule has 0 saturated carbocycles. The van der Waals surface area contributed by atoms with Crippen molar-refractivity contribution < 1.29 is 4.42 Å². The van der Waals surface area contributed by atoms with Gasteiger partial charge in [-0.1, -0.05) is 59.7 Å². The molecule has 2 aromatic heterocycles. The highest BCUT2D eigenvalue weighted by Crippen LogP contribution is 2.30. The molecule has 2 heterocycles. The monoisotopic (exact) mass is 326 g/mol. The highest BCUT2D eigenvalue weighted by molar-refractivity contribution is 5.95. The molecule has 0 spiro atoms. The summed E-state index contributed by atoms with van der Waals surface area (Å²) in [6, 6.07) is 22.7. The number of hydrogen-bond acceptors (Lipinski definition) is 4. The van der Waals surface area contributed by atoms with Gasteiger partial charge in [-0.3, -0.25) is 0 Å². The molecule has 0 radical (unpaired) electrons. The lowest BCUT2D eigenvalue weighted by Gasteiger charge is -2.05. The van der Waals surface area contributed by atoms with Crippen LogP contribution in [-0.4, -0.2) is 15.2 Å². The summed E-state index contributed by atoms with van der Waals surface area (Å²) in [6.45, 7) is 0. The van der Waals surface area contributed by atoms with Crippen LogP contribution in [0.2, 0.25) is 0 Å². The lowest BCUT2D eigenvalue weighted by molar-refractivity contribution is 0.588. The fraction of sp³-hybridized carbons (Fsp3) is 0. The van der Waals surface area contributed by atoms with E-state index in [4.69, 9.17) is 4.42 Å².